The SMILES string of the molecule is O=S(=O)(CCCCl)N1C[CH]CC1. The lowest BCUT2D eigenvalue weighted by atomic mass is 10.4. The maximum atomic E-state index is 11.4. The summed E-state index contributed by atoms with van der Waals surface area (Å²) in [5.74, 6) is 0.598. The number of sulfonamides is 1. The Hall–Kier alpha value is 0.200. The Morgan fingerprint density at radius 1 is 1.50 bits per heavy atom. The Morgan fingerprint density at radius 2 is 2.25 bits per heavy atom. The van der Waals surface area contributed by atoms with Crippen molar-refractivity contribution in [1.82, 2.24) is 4.31 Å². The summed E-state index contributed by atoms with van der Waals surface area (Å²) in [6.45, 7) is 1.22. The molecule has 0 atom stereocenters. The summed E-state index contributed by atoms with van der Waals surface area (Å²) in [5.41, 5.74) is 0. The average Bonchev–Trinajstić information content (AvgIpc) is 2.53. The molecule has 12 heavy (non-hydrogen) atoms. The Bertz CT molecular complexity index is 222. The van der Waals surface area contributed by atoms with E-state index in [1.54, 1.807) is 0 Å². The van der Waals surface area contributed by atoms with Gasteiger partial charge < -0.3 is 0 Å². The van der Waals surface area contributed by atoms with Crippen LogP contribution < -0.4 is 0 Å². The topological polar surface area (TPSA) is 37.4 Å². The van der Waals surface area contributed by atoms with Gasteiger partial charge >= 0.3 is 0 Å². The van der Waals surface area contributed by atoms with E-state index in [0.717, 1.165) is 6.42 Å². The number of hydrogen-bond donors (Lipinski definition) is 0. The molecule has 0 saturated carbocycles. The zero-order chi connectivity index (χ0) is 9.03. The van der Waals surface area contributed by atoms with Crippen LogP contribution in [-0.4, -0.2) is 37.4 Å². The number of hydrogen-bond acceptors (Lipinski definition) is 2. The smallest absolute Gasteiger partial charge is 0.212 e. The molecule has 1 heterocycles. The molecule has 0 unspecified atom stereocenters. The van der Waals surface area contributed by atoms with Gasteiger partial charge in [-0.1, -0.05) is 0 Å². The predicted molar refractivity (Wildman–Crippen MR) is 49.6 cm³/mol. The van der Waals surface area contributed by atoms with Crippen molar-refractivity contribution in [2.45, 2.75) is 12.8 Å². The maximum absolute atomic E-state index is 11.4. The van der Waals surface area contributed by atoms with Crippen molar-refractivity contribution in [2.24, 2.45) is 0 Å². The van der Waals surface area contributed by atoms with Crippen LogP contribution in [0.5, 0.6) is 0 Å². The highest BCUT2D eigenvalue weighted by atomic mass is 35.5. The third-order valence-electron chi connectivity index (χ3n) is 1.84. The van der Waals surface area contributed by atoms with Crippen molar-refractivity contribution in [2.75, 3.05) is 24.7 Å². The van der Waals surface area contributed by atoms with E-state index >= 15 is 0 Å². The summed E-state index contributed by atoms with van der Waals surface area (Å²) in [6.07, 6.45) is 3.40. The number of nitrogens with zero attached hydrogens (tertiary/aromatic N) is 1. The normalized spacial score (nSPS) is 20.1. The first-order chi connectivity index (χ1) is 5.67. The van der Waals surface area contributed by atoms with Crippen molar-refractivity contribution in [3.8, 4) is 0 Å². The first-order valence-corrected chi connectivity index (χ1v) is 6.16. The fourth-order valence-corrected chi connectivity index (χ4v) is 2.96. The van der Waals surface area contributed by atoms with Crippen LogP contribution in [-0.2, 0) is 10.0 Å². The molecule has 1 rings (SSSR count). The highest BCUT2D eigenvalue weighted by Gasteiger charge is 2.24. The molecule has 1 saturated heterocycles. The van der Waals surface area contributed by atoms with Crippen LogP contribution in [0.2, 0.25) is 0 Å². The number of rotatable bonds is 4. The summed E-state index contributed by atoms with van der Waals surface area (Å²) in [4.78, 5) is 0. The van der Waals surface area contributed by atoms with E-state index in [1.165, 1.54) is 4.31 Å². The van der Waals surface area contributed by atoms with Crippen LogP contribution in [0.4, 0.5) is 0 Å². The highest BCUT2D eigenvalue weighted by molar-refractivity contribution is 7.89. The van der Waals surface area contributed by atoms with Crippen LogP contribution in [0.15, 0.2) is 0 Å². The molecule has 0 spiro atoms. The van der Waals surface area contributed by atoms with Gasteiger partial charge in [-0.3, -0.25) is 0 Å². The van der Waals surface area contributed by atoms with Crippen molar-refractivity contribution < 1.29 is 8.42 Å². The van der Waals surface area contributed by atoms with E-state index in [-0.39, 0.29) is 5.75 Å². The number of halogens is 1. The molecule has 1 fully saturated rings. The minimum Gasteiger partial charge on any atom is -0.212 e. The molecule has 0 aromatic heterocycles. The van der Waals surface area contributed by atoms with Gasteiger partial charge in [0.2, 0.25) is 10.0 Å². The van der Waals surface area contributed by atoms with E-state index in [1.807, 2.05) is 6.42 Å². The zero-order valence-electron chi connectivity index (χ0n) is 6.87. The maximum Gasteiger partial charge on any atom is 0.214 e. The van der Waals surface area contributed by atoms with E-state index in [2.05, 4.69) is 0 Å². The lowest BCUT2D eigenvalue weighted by Gasteiger charge is -2.14. The van der Waals surface area contributed by atoms with Crippen LogP contribution in [0.1, 0.15) is 12.8 Å². The molecule has 0 amide bonds. The summed E-state index contributed by atoms with van der Waals surface area (Å²) in [5, 5.41) is 0. The first-order valence-electron chi connectivity index (χ1n) is 4.02. The van der Waals surface area contributed by atoms with Crippen molar-refractivity contribution in [3.63, 3.8) is 0 Å². The fourth-order valence-electron chi connectivity index (χ4n) is 1.18. The fraction of sp³-hybridized carbons (Fsp3) is 0.857. The number of alkyl halides is 1. The Morgan fingerprint density at radius 3 is 2.75 bits per heavy atom. The molecule has 0 aromatic carbocycles. The Balaban J connectivity index is 2.46. The van der Waals surface area contributed by atoms with Crippen LogP contribution >= 0.6 is 11.6 Å². The van der Waals surface area contributed by atoms with Gasteiger partial charge in [-0.05, 0) is 19.3 Å². The molecular weight excluding hydrogens is 198 g/mol. The second-order valence-corrected chi connectivity index (χ2v) is 5.26. The van der Waals surface area contributed by atoms with Gasteiger partial charge in [0.25, 0.3) is 0 Å². The second-order valence-electron chi connectivity index (χ2n) is 2.79. The molecule has 3 nitrogen and oxygen atoms in total. The quantitative estimate of drug-likeness (QED) is 0.646. The van der Waals surface area contributed by atoms with Crippen LogP contribution in [0.3, 0.4) is 0 Å². The van der Waals surface area contributed by atoms with E-state index in [4.69, 9.17) is 11.6 Å². The third-order valence-corrected chi connectivity index (χ3v) is 4.03. The van der Waals surface area contributed by atoms with Gasteiger partial charge in [-0.25, -0.2) is 12.7 Å². The molecule has 1 aliphatic rings. The standard InChI is InChI=1S/C7H13ClNO2S/c8-4-3-7-12(10,11)9-5-1-2-6-9/h1H,2-7H2. The lowest BCUT2D eigenvalue weighted by molar-refractivity contribution is 0.480. The molecule has 5 heteroatoms. The minimum absolute atomic E-state index is 0.185. The minimum atomic E-state index is -3.00. The predicted octanol–water partition coefficient (Wildman–Crippen LogP) is 0.855. The molecule has 0 bridgehead atoms. The summed E-state index contributed by atoms with van der Waals surface area (Å²) in [7, 11) is -3.00. The van der Waals surface area contributed by atoms with Gasteiger partial charge in [0.05, 0.1) is 5.75 Å². The molecule has 0 N–H and O–H groups in total. The first kappa shape index (κ1) is 10.3. The Labute approximate surface area is 78.7 Å². The van der Waals surface area contributed by atoms with Crippen LogP contribution in [0, 0.1) is 6.42 Å². The summed E-state index contributed by atoms with van der Waals surface area (Å²) >= 11 is 5.42. The van der Waals surface area contributed by atoms with Gasteiger partial charge in [0, 0.05) is 19.0 Å². The Kier molecular flexibility index (Phi) is 3.80. The zero-order valence-corrected chi connectivity index (χ0v) is 8.44. The summed E-state index contributed by atoms with van der Waals surface area (Å²) < 4.78 is 24.4. The van der Waals surface area contributed by atoms with Crippen molar-refractivity contribution in [1.29, 1.82) is 0 Å². The molecule has 71 valence electrons. The van der Waals surface area contributed by atoms with Crippen molar-refractivity contribution in [3.05, 3.63) is 6.42 Å². The van der Waals surface area contributed by atoms with E-state index in [9.17, 15) is 8.42 Å². The second kappa shape index (κ2) is 4.44. The third kappa shape index (κ3) is 2.61. The lowest BCUT2D eigenvalue weighted by Crippen LogP contribution is -2.30. The molecule has 1 radical (unpaired) electrons. The van der Waals surface area contributed by atoms with Gasteiger partial charge in [-0.2, -0.15) is 0 Å². The molecule has 1 aliphatic heterocycles. The monoisotopic (exact) mass is 210 g/mol. The van der Waals surface area contributed by atoms with Gasteiger partial charge in [-0.15, -0.1) is 11.6 Å². The van der Waals surface area contributed by atoms with Gasteiger partial charge in [0.1, 0.15) is 0 Å². The summed E-state index contributed by atoms with van der Waals surface area (Å²) in [6, 6.07) is 0. The molecule has 0 aliphatic carbocycles. The van der Waals surface area contributed by atoms with E-state index < -0.39 is 10.0 Å². The largest absolute Gasteiger partial charge is 0.214 e. The highest BCUT2D eigenvalue weighted by Crippen LogP contribution is 2.12. The molecule has 0 aromatic rings. The van der Waals surface area contributed by atoms with Crippen molar-refractivity contribution >= 4 is 21.6 Å². The van der Waals surface area contributed by atoms with Crippen LogP contribution in [0.25, 0.3) is 0 Å². The van der Waals surface area contributed by atoms with E-state index in [0.29, 0.717) is 25.4 Å². The van der Waals surface area contributed by atoms with Gasteiger partial charge in [0.15, 0.2) is 0 Å². The molecular formula is C7H13ClNO2S. The average molecular weight is 211 g/mol.